The lowest BCUT2D eigenvalue weighted by molar-refractivity contribution is -0.145. The van der Waals surface area contributed by atoms with Crippen molar-refractivity contribution in [1.29, 1.82) is 0 Å². The molecule has 19 heavy (non-hydrogen) atoms. The van der Waals surface area contributed by atoms with Gasteiger partial charge >= 0.3 is 5.97 Å². The van der Waals surface area contributed by atoms with Crippen LogP contribution in [0.15, 0.2) is 24.3 Å². The van der Waals surface area contributed by atoms with E-state index in [9.17, 15) is 4.79 Å². The van der Waals surface area contributed by atoms with Gasteiger partial charge in [-0.05, 0) is 31.9 Å². The van der Waals surface area contributed by atoms with Crippen LogP contribution in [0.25, 0.3) is 0 Å². The molecule has 1 aliphatic rings. The molecule has 1 aromatic rings. The normalized spacial score (nSPS) is 14.2. The molecule has 0 aromatic heterocycles. The van der Waals surface area contributed by atoms with Gasteiger partial charge in [-0.3, -0.25) is 4.79 Å². The molecule has 1 aliphatic carbocycles. The van der Waals surface area contributed by atoms with Gasteiger partial charge in [0.25, 0.3) is 0 Å². The summed E-state index contributed by atoms with van der Waals surface area (Å²) in [5.41, 5.74) is 1.14. The Hall–Kier alpha value is -1.55. The van der Waals surface area contributed by atoms with E-state index in [1.165, 1.54) is 0 Å². The van der Waals surface area contributed by atoms with E-state index in [0.29, 0.717) is 6.61 Å². The van der Waals surface area contributed by atoms with E-state index in [2.05, 4.69) is 5.32 Å². The Labute approximate surface area is 114 Å². The number of rotatable bonds is 8. The maximum absolute atomic E-state index is 11.3. The Bertz CT molecular complexity index is 416. The van der Waals surface area contributed by atoms with Gasteiger partial charge in [0.15, 0.2) is 0 Å². The van der Waals surface area contributed by atoms with Gasteiger partial charge in [-0.15, -0.1) is 0 Å². The number of hydrogen-bond donors (Lipinski definition) is 1. The van der Waals surface area contributed by atoms with Crippen LogP contribution in [0, 0.1) is 5.92 Å². The number of carbonyl (C=O) groups excluding carboxylic acids is 1. The molecule has 4 nitrogen and oxygen atoms in total. The van der Waals surface area contributed by atoms with Gasteiger partial charge < -0.3 is 14.8 Å². The molecule has 1 N–H and O–H groups in total. The second-order valence-corrected chi connectivity index (χ2v) is 4.78. The molecule has 0 atom stereocenters. The number of carbonyl (C=O) groups is 1. The van der Waals surface area contributed by atoms with Crippen LogP contribution in [0.5, 0.6) is 5.75 Å². The molecule has 0 unspecified atom stereocenters. The second-order valence-electron chi connectivity index (χ2n) is 4.78. The SMILES string of the molecule is COc1ccccc1CNCCCOC(=O)C1CC1. The van der Waals surface area contributed by atoms with Crippen molar-refractivity contribution in [2.45, 2.75) is 25.8 Å². The molecule has 1 aromatic carbocycles. The summed E-state index contributed by atoms with van der Waals surface area (Å²) in [6.07, 6.45) is 2.85. The fourth-order valence-electron chi connectivity index (χ4n) is 1.88. The summed E-state index contributed by atoms with van der Waals surface area (Å²) >= 11 is 0. The molecule has 0 bridgehead atoms. The first-order chi connectivity index (χ1) is 9.31. The summed E-state index contributed by atoms with van der Waals surface area (Å²) in [6, 6.07) is 7.95. The quantitative estimate of drug-likeness (QED) is 0.576. The zero-order valence-electron chi connectivity index (χ0n) is 11.4. The lowest BCUT2D eigenvalue weighted by Gasteiger charge is -2.09. The minimum atomic E-state index is -0.0234. The van der Waals surface area contributed by atoms with Crippen molar-refractivity contribution in [1.82, 2.24) is 5.32 Å². The molecular weight excluding hydrogens is 242 g/mol. The zero-order chi connectivity index (χ0) is 13.5. The first-order valence-electron chi connectivity index (χ1n) is 6.80. The molecule has 0 heterocycles. The lowest BCUT2D eigenvalue weighted by atomic mass is 10.2. The monoisotopic (exact) mass is 263 g/mol. The number of esters is 1. The van der Waals surface area contributed by atoms with Crippen LogP contribution < -0.4 is 10.1 Å². The van der Waals surface area contributed by atoms with Gasteiger partial charge in [-0.1, -0.05) is 18.2 Å². The summed E-state index contributed by atoms with van der Waals surface area (Å²) in [5, 5.41) is 3.32. The molecule has 0 amide bonds. The summed E-state index contributed by atoms with van der Waals surface area (Å²) in [6.45, 7) is 2.10. The first-order valence-corrected chi connectivity index (χ1v) is 6.80. The molecule has 0 spiro atoms. The summed E-state index contributed by atoms with van der Waals surface area (Å²) in [4.78, 5) is 11.3. The van der Waals surface area contributed by atoms with E-state index in [1.807, 2.05) is 24.3 Å². The molecule has 1 saturated carbocycles. The Balaban J connectivity index is 1.57. The molecule has 104 valence electrons. The highest BCUT2D eigenvalue weighted by molar-refractivity contribution is 5.74. The van der Waals surface area contributed by atoms with Crippen molar-refractivity contribution in [3.63, 3.8) is 0 Å². The second kappa shape index (κ2) is 7.14. The first kappa shape index (κ1) is 13.9. The van der Waals surface area contributed by atoms with Gasteiger partial charge in [-0.25, -0.2) is 0 Å². The van der Waals surface area contributed by atoms with Crippen molar-refractivity contribution in [3.8, 4) is 5.75 Å². The van der Waals surface area contributed by atoms with Crippen molar-refractivity contribution in [3.05, 3.63) is 29.8 Å². The minimum Gasteiger partial charge on any atom is -0.496 e. The van der Waals surface area contributed by atoms with Gasteiger partial charge in [0, 0.05) is 12.1 Å². The Morgan fingerprint density at radius 1 is 1.37 bits per heavy atom. The molecule has 2 rings (SSSR count). The van der Waals surface area contributed by atoms with Gasteiger partial charge in [-0.2, -0.15) is 0 Å². The van der Waals surface area contributed by atoms with E-state index >= 15 is 0 Å². The standard InChI is InChI=1S/C15H21NO3/c1-18-14-6-3-2-5-13(14)11-16-9-4-10-19-15(17)12-7-8-12/h2-3,5-6,12,16H,4,7-11H2,1H3. The van der Waals surface area contributed by atoms with Gasteiger partial charge in [0.2, 0.25) is 0 Å². The highest BCUT2D eigenvalue weighted by atomic mass is 16.5. The van der Waals surface area contributed by atoms with Crippen LogP contribution >= 0.6 is 0 Å². The smallest absolute Gasteiger partial charge is 0.308 e. The van der Waals surface area contributed by atoms with Crippen LogP contribution in [0.4, 0.5) is 0 Å². The van der Waals surface area contributed by atoms with Gasteiger partial charge in [0.1, 0.15) is 5.75 Å². The maximum atomic E-state index is 11.3. The largest absolute Gasteiger partial charge is 0.496 e. The number of para-hydroxylation sites is 1. The van der Waals surface area contributed by atoms with Crippen LogP contribution in [0.2, 0.25) is 0 Å². The Morgan fingerprint density at radius 2 is 2.16 bits per heavy atom. The number of benzene rings is 1. The van der Waals surface area contributed by atoms with E-state index in [4.69, 9.17) is 9.47 Å². The predicted molar refractivity (Wildman–Crippen MR) is 73.0 cm³/mol. The van der Waals surface area contributed by atoms with Crippen LogP contribution in [0.3, 0.4) is 0 Å². The number of hydrogen-bond acceptors (Lipinski definition) is 4. The molecule has 0 aliphatic heterocycles. The average Bonchev–Trinajstić information content (AvgIpc) is 3.27. The molecule has 4 heteroatoms. The topological polar surface area (TPSA) is 47.6 Å². The third kappa shape index (κ3) is 4.56. The van der Waals surface area contributed by atoms with E-state index in [0.717, 1.165) is 43.7 Å². The third-order valence-corrected chi connectivity index (χ3v) is 3.16. The summed E-state index contributed by atoms with van der Waals surface area (Å²) in [7, 11) is 1.68. The average molecular weight is 263 g/mol. The molecule has 0 saturated heterocycles. The number of nitrogens with one attached hydrogen (secondary N) is 1. The van der Waals surface area contributed by atoms with Crippen molar-refractivity contribution in [2.24, 2.45) is 5.92 Å². The van der Waals surface area contributed by atoms with Crippen LogP contribution in [0.1, 0.15) is 24.8 Å². The van der Waals surface area contributed by atoms with Crippen molar-refractivity contribution >= 4 is 5.97 Å². The summed E-state index contributed by atoms with van der Waals surface area (Å²) < 4.78 is 10.4. The molecule has 1 fully saturated rings. The fraction of sp³-hybridized carbons (Fsp3) is 0.533. The highest BCUT2D eigenvalue weighted by Gasteiger charge is 2.30. The van der Waals surface area contributed by atoms with E-state index in [1.54, 1.807) is 7.11 Å². The van der Waals surface area contributed by atoms with E-state index in [-0.39, 0.29) is 11.9 Å². The van der Waals surface area contributed by atoms with Gasteiger partial charge in [0.05, 0.1) is 19.6 Å². The maximum Gasteiger partial charge on any atom is 0.308 e. The van der Waals surface area contributed by atoms with Crippen molar-refractivity contribution < 1.29 is 14.3 Å². The Kier molecular flexibility index (Phi) is 5.21. The zero-order valence-corrected chi connectivity index (χ0v) is 11.4. The van der Waals surface area contributed by atoms with Crippen molar-refractivity contribution in [2.75, 3.05) is 20.3 Å². The molecular formula is C15H21NO3. The minimum absolute atomic E-state index is 0.0234. The van der Waals surface area contributed by atoms with Crippen LogP contribution in [-0.2, 0) is 16.1 Å². The third-order valence-electron chi connectivity index (χ3n) is 3.16. The fourth-order valence-corrected chi connectivity index (χ4v) is 1.88. The van der Waals surface area contributed by atoms with E-state index < -0.39 is 0 Å². The Morgan fingerprint density at radius 3 is 2.89 bits per heavy atom. The van der Waals surface area contributed by atoms with Crippen LogP contribution in [-0.4, -0.2) is 26.2 Å². The predicted octanol–water partition coefficient (Wildman–Crippen LogP) is 2.13. The lowest BCUT2D eigenvalue weighted by Crippen LogP contribution is -2.18. The molecule has 0 radical (unpaired) electrons. The summed E-state index contributed by atoms with van der Waals surface area (Å²) in [5.74, 6) is 1.07. The number of methoxy groups -OCH3 is 1. The highest BCUT2D eigenvalue weighted by Crippen LogP contribution is 2.29. The number of ether oxygens (including phenoxy) is 2.